The number of benzene rings is 2. The van der Waals surface area contributed by atoms with Crippen molar-refractivity contribution in [3.05, 3.63) is 54.1 Å². The van der Waals surface area contributed by atoms with E-state index in [-0.39, 0.29) is 12.0 Å². The lowest BCUT2D eigenvalue weighted by molar-refractivity contribution is -0.119. The van der Waals surface area contributed by atoms with E-state index >= 15 is 0 Å². The second kappa shape index (κ2) is 7.95. The van der Waals surface area contributed by atoms with Crippen LogP contribution >= 0.6 is 0 Å². The van der Waals surface area contributed by atoms with E-state index in [0.29, 0.717) is 13.0 Å². The van der Waals surface area contributed by atoms with E-state index in [4.69, 9.17) is 9.47 Å². The van der Waals surface area contributed by atoms with Gasteiger partial charge in [0.1, 0.15) is 11.5 Å². The van der Waals surface area contributed by atoms with Gasteiger partial charge in [-0.25, -0.2) is 0 Å². The number of rotatable bonds is 5. The molecule has 1 fully saturated rings. The van der Waals surface area contributed by atoms with Crippen molar-refractivity contribution >= 4 is 11.6 Å². The van der Waals surface area contributed by atoms with Crippen LogP contribution in [0, 0.1) is 6.92 Å². The van der Waals surface area contributed by atoms with E-state index in [1.54, 1.807) is 0 Å². The molecule has 1 aliphatic rings. The first-order valence-electron chi connectivity index (χ1n) is 8.16. The van der Waals surface area contributed by atoms with Gasteiger partial charge < -0.3 is 20.1 Å². The van der Waals surface area contributed by atoms with Crippen molar-refractivity contribution in [2.24, 2.45) is 0 Å². The molecule has 3 rings (SSSR count). The average molecular weight is 326 g/mol. The Labute approximate surface area is 142 Å². The van der Waals surface area contributed by atoms with Gasteiger partial charge in [0, 0.05) is 18.8 Å². The molecule has 0 saturated carbocycles. The maximum Gasteiger partial charge on any atom is 0.227 e. The van der Waals surface area contributed by atoms with Gasteiger partial charge in [-0.2, -0.15) is 0 Å². The van der Waals surface area contributed by atoms with Crippen molar-refractivity contribution < 1.29 is 14.3 Å². The van der Waals surface area contributed by atoms with Gasteiger partial charge in [-0.05, 0) is 43.3 Å². The Balaban J connectivity index is 1.52. The summed E-state index contributed by atoms with van der Waals surface area (Å²) in [4.78, 5) is 12.0. The molecule has 0 bridgehead atoms. The van der Waals surface area contributed by atoms with Crippen molar-refractivity contribution in [1.82, 2.24) is 5.32 Å². The molecule has 0 aromatic heterocycles. The highest BCUT2D eigenvalue weighted by atomic mass is 16.5. The van der Waals surface area contributed by atoms with Gasteiger partial charge in [-0.3, -0.25) is 4.79 Å². The number of carbonyl (C=O) groups is 1. The summed E-state index contributed by atoms with van der Waals surface area (Å²) in [6, 6.07) is 15.2. The monoisotopic (exact) mass is 326 g/mol. The molecule has 5 heteroatoms. The largest absolute Gasteiger partial charge is 0.457 e. The van der Waals surface area contributed by atoms with E-state index < -0.39 is 0 Å². The Morgan fingerprint density at radius 2 is 1.83 bits per heavy atom. The molecule has 1 amide bonds. The lowest BCUT2D eigenvalue weighted by Crippen LogP contribution is -2.40. The van der Waals surface area contributed by atoms with Gasteiger partial charge in [-0.1, -0.05) is 17.7 Å². The van der Waals surface area contributed by atoms with Crippen LogP contribution in [0.5, 0.6) is 11.5 Å². The fourth-order valence-electron chi connectivity index (χ4n) is 2.52. The predicted octanol–water partition coefficient (Wildman–Crippen LogP) is 3.10. The van der Waals surface area contributed by atoms with E-state index in [1.807, 2.05) is 55.5 Å². The molecule has 1 aliphatic heterocycles. The molecule has 1 heterocycles. The third-order valence-electron chi connectivity index (χ3n) is 3.81. The van der Waals surface area contributed by atoms with Gasteiger partial charge in [0.05, 0.1) is 19.1 Å². The van der Waals surface area contributed by atoms with Crippen molar-refractivity contribution in [2.45, 2.75) is 19.4 Å². The van der Waals surface area contributed by atoms with E-state index in [0.717, 1.165) is 30.3 Å². The van der Waals surface area contributed by atoms with Crippen LogP contribution in [-0.2, 0) is 9.53 Å². The normalized spacial score (nSPS) is 17.3. The van der Waals surface area contributed by atoms with Crippen molar-refractivity contribution in [3.8, 4) is 11.5 Å². The number of hydrogen-bond donors (Lipinski definition) is 2. The summed E-state index contributed by atoms with van der Waals surface area (Å²) in [5, 5.41) is 6.10. The van der Waals surface area contributed by atoms with Crippen LogP contribution in [0.2, 0.25) is 0 Å². The van der Waals surface area contributed by atoms with Crippen LogP contribution in [-0.4, -0.2) is 31.7 Å². The highest BCUT2D eigenvalue weighted by Gasteiger charge is 2.17. The van der Waals surface area contributed by atoms with Gasteiger partial charge in [0.15, 0.2) is 0 Å². The standard InChI is InChI=1S/C19H22N2O3/c1-14-2-6-16(7-3-14)24-17-8-4-15(5-9-17)21-19(22)12-18-13-20-10-11-23-18/h2-9,18,20H,10-13H2,1H3,(H,21,22). The van der Waals surface area contributed by atoms with Crippen molar-refractivity contribution in [3.63, 3.8) is 0 Å². The number of aryl methyl sites for hydroxylation is 1. The van der Waals surface area contributed by atoms with Crippen LogP contribution < -0.4 is 15.4 Å². The summed E-state index contributed by atoms with van der Waals surface area (Å²) >= 11 is 0. The second-order valence-corrected chi connectivity index (χ2v) is 5.89. The molecule has 1 atom stereocenters. The minimum Gasteiger partial charge on any atom is -0.457 e. The lowest BCUT2D eigenvalue weighted by Gasteiger charge is -2.23. The smallest absolute Gasteiger partial charge is 0.227 e. The molecule has 0 spiro atoms. The Morgan fingerprint density at radius 3 is 2.46 bits per heavy atom. The van der Waals surface area contributed by atoms with Crippen LogP contribution in [0.25, 0.3) is 0 Å². The second-order valence-electron chi connectivity index (χ2n) is 5.89. The molecular formula is C19H22N2O3. The molecule has 5 nitrogen and oxygen atoms in total. The molecule has 2 N–H and O–H groups in total. The zero-order valence-electron chi connectivity index (χ0n) is 13.7. The molecule has 0 aliphatic carbocycles. The minimum absolute atomic E-state index is 0.0455. The first-order chi connectivity index (χ1) is 11.7. The quantitative estimate of drug-likeness (QED) is 0.886. The zero-order valence-corrected chi connectivity index (χ0v) is 13.7. The third kappa shape index (κ3) is 4.81. The number of carbonyl (C=O) groups excluding carboxylic acids is 1. The van der Waals surface area contributed by atoms with Crippen LogP contribution in [0.3, 0.4) is 0 Å². The number of morpholine rings is 1. The summed E-state index contributed by atoms with van der Waals surface area (Å²) in [6.45, 7) is 4.26. The minimum atomic E-state index is -0.0529. The van der Waals surface area contributed by atoms with E-state index in [2.05, 4.69) is 10.6 Å². The lowest BCUT2D eigenvalue weighted by atomic mass is 10.2. The molecule has 0 radical (unpaired) electrons. The molecular weight excluding hydrogens is 304 g/mol. The topological polar surface area (TPSA) is 59.6 Å². The van der Waals surface area contributed by atoms with Crippen LogP contribution in [0.4, 0.5) is 5.69 Å². The Hall–Kier alpha value is -2.37. The highest BCUT2D eigenvalue weighted by molar-refractivity contribution is 5.91. The molecule has 126 valence electrons. The first kappa shape index (κ1) is 16.5. The molecule has 1 unspecified atom stereocenters. The third-order valence-corrected chi connectivity index (χ3v) is 3.81. The molecule has 2 aromatic carbocycles. The summed E-state index contributed by atoms with van der Waals surface area (Å²) < 4.78 is 11.3. The Morgan fingerprint density at radius 1 is 1.17 bits per heavy atom. The maximum absolute atomic E-state index is 12.0. The summed E-state index contributed by atoms with van der Waals surface area (Å²) in [6.07, 6.45) is 0.303. The number of hydrogen-bond acceptors (Lipinski definition) is 4. The van der Waals surface area contributed by atoms with E-state index in [1.165, 1.54) is 5.56 Å². The van der Waals surface area contributed by atoms with Crippen LogP contribution in [0.15, 0.2) is 48.5 Å². The van der Waals surface area contributed by atoms with Gasteiger partial charge in [0.25, 0.3) is 0 Å². The van der Waals surface area contributed by atoms with E-state index in [9.17, 15) is 4.79 Å². The maximum atomic E-state index is 12.0. The number of nitrogens with one attached hydrogen (secondary N) is 2. The predicted molar refractivity (Wildman–Crippen MR) is 93.6 cm³/mol. The van der Waals surface area contributed by atoms with Crippen LogP contribution in [0.1, 0.15) is 12.0 Å². The summed E-state index contributed by atoms with van der Waals surface area (Å²) in [5.41, 5.74) is 1.94. The SMILES string of the molecule is Cc1ccc(Oc2ccc(NC(=O)CC3CNCCO3)cc2)cc1. The molecule has 24 heavy (non-hydrogen) atoms. The fourth-order valence-corrected chi connectivity index (χ4v) is 2.52. The average Bonchev–Trinajstić information content (AvgIpc) is 2.59. The summed E-state index contributed by atoms with van der Waals surface area (Å²) in [7, 11) is 0. The highest BCUT2D eigenvalue weighted by Crippen LogP contribution is 2.23. The van der Waals surface area contributed by atoms with Gasteiger partial charge in [-0.15, -0.1) is 0 Å². The molecule has 1 saturated heterocycles. The van der Waals surface area contributed by atoms with Gasteiger partial charge in [0.2, 0.25) is 5.91 Å². The number of anilines is 1. The van der Waals surface area contributed by atoms with Crippen molar-refractivity contribution in [2.75, 3.05) is 25.0 Å². The zero-order chi connectivity index (χ0) is 16.8. The Kier molecular flexibility index (Phi) is 5.46. The molecule has 2 aromatic rings. The fraction of sp³-hybridized carbons (Fsp3) is 0.316. The number of ether oxygens (including phenoxy) is 2. The first-order valence-corrected chi connectivity index (χ1v) is 8.16. The number of amides is 1. The summed E-state index contributed by atoms with van der Waals surface area (Å²) in [5.74, 6) is 1.48. The van der Waals surface area contributed by atoms with Crippen molar-refractivity contribution in [1.29, 1.82) is 0 Å². The van der Waals surface area contributed by atoms with Gasteiger partial charge >= 0.3 is 0 Å². The Bertz CT molecular complexity index is 662.